The van der Waals surface area contributed by atoms with E-state index in [9.17, 15) is 9.90 Å². The SMILES string of the molecule is COc1ccc(/C(O)=C2/CCCCC2=O)cc1. The number of hydrogen-bond donors (Lipinski definition) is 1. The number of Topliss-reactive ketones (excluding diaryl/α,β-unsaturated/α-hetero) is 1. The molecule has 0 unspecified atom stereocenters. The standard InChI is InChI=1S/C14H16O3/c1-17-11-8-6-10(7-9-11)14(16)12-4-2-3-5-13(12)15/h6-9,16H,2-5H2,1H3/b14-12+. The van der Waals surface area contributed by atoms with Gasteiger partial charge in [-0.05, 0) is 43.5 Å². The fourth-order valence-electron chi connectivity index (χ4n) is 2.05. The van der Waals surface area contributed by atoms with E-state index < -0.39 is 0 Å². The van der Waals surface area contributed by atoms with Crippen LogP contribution in [0.4, 0.5) is 0 Å². The molecule has 0 bridgehead atoms. The van der Waals surface area contributed by atoms with E-state index in [0.717, 1.165) is 18.6 Å². The Hall–Kier alpha value is -1.77. The van der Waals surface area contributed by atoms with E-state index in [1.54, 1.807) is 31.4 Å². The molecular formula is C14H16O3. The molecule has 0 radical (unpaired) electrons. The van der Waals surface area contributed by atoms with Crippen LogP contribution in [0.5, 0.6) is 5.75 Å². The summed E-state index contributed by atoms with van der Waals surface area (Å²) in [4.78, 5) is 11.7. The zero-order chi connectivity index (χ0) is 12.3. The molecule has 0 aromatic heterocycles. The van der Waals surface area contributed by atoms with E-state index in [-0.39, 0.29) is 11.5 Å². The monoisotopic (exact) mass is 232 g/mol. The lowest BCUT2D eigenvalue weighted by atomic mass is 9.91. The third-order valence-electron chi connectivity index (χ3n) is 3.07. The van der Waals surface area contributed by atoms with Gasteiger partial charge in [-0.1, -0.05) is 0 Å². The molecule has 17 heavy (non-hydrogen) atoms. The predicted molar refractivity (Wildman–Crippen MR) is 66.0 cm³/mol. The third-order valence-corrected chi connectivity index (χ3v) is 3.07. The molecule has 90 valence electrons. The Balaban J connectivity index is 2.30. The molecule has 1 fully saturated rings. The molecule has 0 aliphatic heterocycles. The Kier molecular flexibility index (Phi) is 3.47. The van der Waals surface area contributed by atoms with Gasteiger partial charge in [-0.25, -0.2) is 0 Å². The van der Waals surface area contributed by atoms with Gasteiger partial charge < -0.3 is 9.84 Å². The van der Waals surface area contributed by atoms with Crippen LogP contribution in [0.15, 0.2) is 29.8 Å². The smallest absolute Gasteiger partial charge is 0.162 e. The molecule has 3 heteroatoms. The van der Waals surface area contributed by atoms with Crippen molar-refractivity contribution in [1.29, 1.82) is 0 Å². The summed E-state index contributed by atoms with van der Waals surface area (Å²) < 4.78 is 5.05. The molecule has 0 atom stereocenters. The molecule has 0 heterocycles. The number of benzene rings is 1. The molecule has 0 saturated heterocycles. The maximum absolute atomic E-state index is 11.7. The molecule has 1 aromatic carbocycles. The van der Waals surface area contributed by atoms with Gasteiger partial charge in [0.05, 0.1) is 7.11 Å². The summed E-state index contributed by atoms with van der Waals surface area (Å²) in [5, 5.41) is 10.1. The van der Waals surface area contributed by atoms with Crippen molar-refractivity contribution in [1.82, 2.24) is 0 Å². The predicted octanol–water partition coefficient (Wildman–Crippen LogP) is 3.11. The summed E-state index contributed by atoms with van der Waals surface area (Å²) in [7, 11) is 1.60. The van der Waals surface area contributed by atoms with Gasteiger partial charge in [-0.3, -0.25) is 4.79 Å². The van der Waals surface area contributed by atoms with Crippen molar-refractivity contribution < 1.29 is 14.6 Å². The minimum Gasteiger partial charge on any atom is -0.507 e. The van der Waals surface area contributed by atoms with E-state index >= 15 is 0 Å². The molecule has 1 N–H and O–H groups in total. The first-order chi connectivity index (χ1) is 8.22. The summed E-state index contributed by atoms with van der Waals surface area (Å²) >= 11 is 0. The molecule has 2 rings (SSSR count). The van der Waals surface area contributed by atoms with Gasteiger partial charge >= 0.3 is 0 Å². The number of carbonyl (C=O) groups is 1. The van der Waals surface area contributed by atoms with Gasteiger partial charge in [0, 0.05) is 17.6 Å². The highest BCUT2D eigenvalue weighted by Gasteiger charge is 2.19. The van der Waals surface area contributed by atoms with Crippen molar-refractivity contribution in [2.75, 3.05) is 7.11 Å². The van der Waals surface area contributed by atoms with Gasteiger partial charge in [-0.2, -0.15) is 0 Å². The zero-order valence-corrected chi connectivity index (χ0v) is 9.90. The first-order valence-electron chi connectivity index (χ1n) is 5.82. The minimum absolute atomic E-state index is 0.0737. The molecule has 1 aliphatic carbocycles. The minimum atomic E-state index is 0.0737. The lowest BCUT2D eigenvalue weighted by molar-refractivity contribution is -0.116. The van der Waals surface area contributed by atoms with Crippen LogP contribution in [0.2, 0.25) is 0 Å². The lowest BCUT2D eigenvalue weighted by Crippen LogP contribution is -2.10. The zero-order valence-electron chi connectivity index (χ0n) is 9.90. The average molecular weight is 232 g/mol. The van der Waals surface area contributed by atoms with Crippen LogP contribution >= 0.6 is 0 Å². The highest BCUT2D eigenvalue weighted by Crippen LogP contribution is 2.27. The van der Waals surface area contributed by atoms with Gasteiger partial charge in [-0.15, -0.1) is 0 Å². The maximum Gasteiger partial charge on any atom is 0.162 e. The highest BCUT2D eigenvalue weighted by molar-refractivity contribution is 6.01. The number of aliphatic hydroxyl groups is 1. The van der Waals surface area contributed by atoms with Gasteiger partial charge in [0.1, 0.15) is 11.5 Å². The number of ether oxygens (including phenoxy) is 1. The Morgan fingerprint density at radius 3 is 2.41 bits per heavy atom. The summed E-state index contributed by atoms with van der Waals surface area (Å²) in [5.74, 6) is 0.934. The first kappa shape index (κ1) is 11.7. The highest BCUT2D eigenvalue weighted by atomic mass is 16.5. The van der Waals surface area contributed by atoms with Crippen LogP contribution in [0.3, 0.4) is 0 Å². The van der Waals surface area contributed by atoms with E-state index in [0.29, 0.717) is 24.0 Å². The van der Waals surface area contributed by atoms with Crippen molar-refractivity contribution in [3.63, 3.8) is 0 Å². The quantitative estimate of drug-likeness (QED) is 0.629. The van der Waals surface area contributed by atoms with Crippen molar-refractivity contribution >= 4 is 11.5 Å². The maximum atomic E-state index is 11.7. The summed E-state index contributed by atoms with van der Waals surface area (Å²) in [6.07, 6.45) is 3.13. The second-order valence-electron chi connectivity index (χ2n) is 4.19. The van der Waals surface area contributed by atoms with Gasteiger partial charge in [0.15, 0.2) is 5.78 Å². The summed E-state index contributed by atoms with van der Waals surface area (Å²) in [6.45, 7) is 0. The summed E-state index contributed by atoms with van der Waals surface area (Å²) in [6, 6.07) is 7.09. The van der Waals surface area contributed by atoms with E-state index in [1.165, 1.54) is 0 Å². The molecule has 1 aliphatic rings. The number of aliphatic hydroxyl groups excluding tert-OH is 1. The fourth-order valence-corrected chi connectivity index (χ4v) is 2.05. The fraction of sp³-hybridized carbons (Fsp3) is 0.357. The molecule has 0 amide bonds. The second-order valence-corrected chi connectivity index (χ2v) is 4.19. The Morgan fingerprint density at radius 1 is 1.18 bits per heavy atom. The van der Waals surface area contributed by atoms with Crippen molar-refractivity contribution in [3.8, 4) is 5.75 Å². The van der Waals surface area contributed by atoms with Crippen molar-refractivity contribution in [2.24, 2.45) is 0 Å². The molecule has 3 nitrogen and oxygen atoms in total. The van der Waals surface area contributed by atoms with Gasteiger partial charge in [0.2, 0.25) is 0 Å². The third kappa shape index (κ3) is 2.49. The molecule has 1 aromatic rings. The molecule has 1 saturated carbocycles. The number of rotatable bonds is 2. The lowest BCUT2D eigenvalue weighted by Gasteiger charge is -2.15. The van der Waals surface area contributed by atoms with Crippen molar-refractivity contribution in [2.45, 2.75) is 25.7 Å². The summed E-state index contributed by atoms with van der Waals surface area (Å²) in [5.41, 5.74) is 1.25. The van der Waals surface area contributed by atoms with Crippen LogP contribution in [-0.4, -0.2) is 18.0 Å². The van der Waals surface area contributed by atoms with Crippen molar-refractivity contribution in [3.05, 3.63) is 35.4 Å². The van der Waals surface area contributed by atoms with Crippen LogP contribution in [0.1, 0.15) is 31.2 Å². The topological polar surface area (TPSA) is 46.5 Å². The number of carbonyl (C=O) groups excluding carboxylic acids is 1. The number of methoxy groups -OCH3 is 1. The largest absolute Gasteiger partial charge is 0.507 e. The van der Waals surface area contributed by atoms with Crippen LogP contribution in [0, 0.1) is 0 Å². The Bertz CT molecular complexity index is 443. The normalized spacial score (nSPS) is 19.0. The van der Waals surface area contributed by atoms with Gasteiger partial charge in [0.25, 0.3) is 0 Å². The van der Waals surface area contributed by atoms with E-state index in [2.05, 4.69) is 0 Å². The Labute approximate surface area is 101 Å². The molecule has 0 spiro atoms. The average Bonchev–Trinajstić information content (AvgIpc) is 2.39. The Morgan fingerprint density at radius 2 is 1.82 bits per heavy atom. The second kappa shape index (κ2) is 5.04. The number of ketones is 1. The number of allylic oxidation sites excluding steroid dienone is 1. The van der Waals surface area contributed by atoms with Crippen LogP contribution < -0.4 is 4.74 Å². The van der Waals surface area contributed by atoms with E-state index in [1.807, 2.05) is 0 Å². The van der Waals surface area contributed by atoms with E-state index in [4.69, 9.17) is 4.74 Å². The molecular weight excluding hydrogens is 216 g/mol. The number of hydrogen-bond acceptors (Lipinski definition) is 3. The van der Waals surface area contributed by atoms with Crippen LogP contribution in [-0.2, 0) is 4.79 Å². The first-order valence-corrected chi connectivity index (χ1v) is 5.82. The van der Waals surface area contributed by atoms with Crippen LogP contribution in [0.25, 0.3) is 5.76 Å².